The minimum atomic E-state index is -0.433. The van der Waals surface area contributed by atoms with Gasteiger partial charge in [0.25, 0.3) is 0 Å². The lowest BCUT2D eigenvalue weighted by molar-refractivity contribution is 0.135. The second-order valence-corrected chi connectivity index (χ2v) is 7.79. The smallest absolute Gasteiger partial charge is 0.183 e. The van der Waals surface area contributed by atoms with Crippen molar-refractivity contribution < 1.29 is 5.11 Å². The van der Waals surface area contributed by atoms with Crippen molar-refractivity contribution in [2.45, 2.75) is 25.0 Å². The molecular formula is C19H16Cl2N2OS. The molecule has 128 valence electrons. The van der Waals surface area contributed by atoms with Crippen LogP contribution in [0.4, 0.5) is 5.13 Å². The Morgan fingerprint density at radius 3 is 2.88 bits per heavy atom. The fourth-order valence-corrected chi connectivity index (χ4v) is 4.34. The van der Waals surface area contributed by atoms with Crippen LogP contribution in [0.5, 0.6) is 0 Å². The first-order chi connectivity index (χ1) is 12.1. The van der Waals surface area contributed by atoms with Gasteiger partial charge in [-0.25, -0.2) is 4.98 Å². The predicted molar refractivity (Wildman–Crippen MR) is 105 cm³/mol. The van der Waals surface area contributed by atoms with Crippen LogP contribution in [0, 0.1) is 0 Å². The molecule has 0 radical (unpaired) electrons. The second-order valence-electron chi connectivity index (χ2n) is 6.09. The monoisotopic (exact) mass is 390 g/mol. The van der Waals surface area contributed by atoms with Crippen molar-refractivity contribution in [3.05, 3.63) is 69.0 Å². The molecule has 3 aromatic rings. The molecule has 2 aromatic carbocycles. The summed E-state index contributed by atoms with van der Waals surface area (Å²) in [6.45, 7) is 0. The van der Waals surface area contributed by atoms with E-state index >= 15 is 0 Å². The fourth-order valence-electron chi connectivity index (χ4n) is 3.21. The van der Waals surface area contributed by atoms with Gasteiger partial charge >= 0.3 is 0 Å². The van der Waals surface area contributed by atoms with Crippen LogP contribution < -0.4 is 5.32 Å². The van der Waals surface area contributed by atoms with E-state index in [4.69, 9.17) is 23.2 Å². The first-order valence-electron chi connectivity index (χ1n) is 8.05. The second kappa shape index (κ2) is 6.96. The summed E-state index contributed by atoms with van der Waals surface area (Å²) < 4.78 is 0. The van der Waals surface area contributed by atoms with Crippen LogP contribution in [-0.4, -0.2) is 16.2 Å². The SMILES string of the molecule is OC1CCc2ccccc2C1Nc1nc(-c2cc(Cl)ccc2Cl)cs1. The molecule has 0 spiro atoms. The number of nitrogens with one attached hydrogen (secondary N) is 1. The highest BCUT2D eigenvalue weighted by Crippen LogP contribution is 2.36. The number of nitrogens with zero attached hydrogens (tertiary/aromatic N) is 1. The molecule has 4 rings (SSSR count). The highest BCUT2D eigenvalue weighted by atomic mass is 35.5. The zero-order valence-corrected chi connectivity index (χ0v) is 15.6. The van der Waals surface area contributed by atoms with Gasteiger partial charge in [0.2, 0.25) is 0 Å². The van der Waals surface area contributed by atoms with Gasteiger partial charge in [0.15, 0.2) is 5.13 Å². The Balaban J connectivity index is 1.62. The number of halogens is 2. The summed E-state index contributed by atoms with van der Waals surface area (Å²) in [5.41, 5.74) is 4.00. The average molecular weight is 391 g/mol. The Labute approximate surface area is 160 Å². The third-order valence-corrected chi connectivity index (χ3v) is 5.81. The third kappa shape index (κ3) is 3.40. The fraction of sp³-hybridized carbons (Fsp3) is 0.211. The number of aliphatic hydroxyl groups excluding tert-OH is 1. The lowest BCUT2D eigenvalue weighted by Gasteiger charge is -2.30. The largest absolute Gasteiger partial charge is 0.391 e. The number of fused-ring (bicyclic) bond motifs is 1. The van der Waals surface area contributed by atoms with Gasteiger partial charge in [-0.05, 0) is 42.2 Å². The summed E-state index contributed by atoms with van der Waals surface area (Å²) in [7, 11) is 0. The van der Waals surface area contributed by atoms with Crippen molar-refractivity contribution in [3.8, 4) is 11.3 Å². The minimum Gasteiger partial charge on any atom is -0.391 e. The van der Waals surface area contributed by atoms with Crippen LogP contribution >= 0.6 is 34.5 Å². The van der Waals surface area contributed by atoms with E-state index in [-0.39, 0.29) is 6.04 Å². The maximum atomic E-state index is 10.5. The van der Waals surface area contributed by atoms with Crippen molar-refractivity contribution >= 4 is 39.7 Å². The van der Waals surface area contributed by atoms with E-state index in [2.05, 4.69) is 22.4 Å². The number of anilines is 1. The Hall–Kier alpha value is -1.59. The van der Waals surface area contributed by atoms with Gasteiger partial charge in [0.1, 0.15) is 0 Å². The van der Waals surface area contributed by atoms with Crippen LogP contribution in [0.25, 0.3) is 11.3 Å². The van der Waals surface area contributed by atoms with E-state index in [1.807, 2.05) is 23.6 Å². The van der Waals surface area contributed by atoms with Crippen molar-refractivity contribution in [1.82, 2.24) is 4.98 Å². The molecule has 2 unspecified atom stereocenters. The molecule has 2 N–H and O–H groups in total. The topological polar surface area (TPSA) is 45.1 Å². The number of hydrogen-bond acceptors (Lipinski definition) is 4. The summed E-state index contributed by atoms with van der Waals surface area (Å²) in [5.74, 6) is 0. The molecule has 0 aliphatic heterocycles. The maximum absolute atomic E-state index is 10.5. The van der Waals surface area contributed by atoms with Crippen molar-refractivity contribution in [2.75, 3.05) is 5.32 Å². The normalized spacial score (nSPS) is 19.5. The number of thiazole rings is 1. The summed E-state index contributed by atoms with van der Waals surface area (Å²) >= 11 is 13.8. The first kappa shape index (κ1) is 16.9. The predicted octanol–water partition coefficient (Wildman–Crippen LogP) is 5.58. The molecule has 1 aliphatic carbocycles. The zero-order valence-electron chi connectivity index (χ0n) is 13.2. The summed E-state index contributed by atoms with van der Waals surface area (Å²) in [6, 6.07) is 13.4. The van der Waals surface area contributed by atoms with Gasteiger partial charge in [-0.3, -0.25) is 0 Å². The van der Waals surface area contributed by atoms with Crippen LogP contribution in [-0.2, 0) is 6.42 Å². The van der Waals surface area contributed by atoms with Gasteiger partial charge < -0.3 is 10.4 Å². The molecule has 1 aliphatic rings. The van der Waals surface area contributed by atoms with Crippen LogP contribution in [0.15, 0.2) is 47.8 Å². The van der Waals surface area contributed by atoms with E-state index in [9.17, 15) is 5.11 Å². The molecule has 3 nitrogen and oxygen atoms in total. The molecule has 0 saturated heterocycles. The molecule has 1 aromatic heterocycles. The summed E-state index contributed by atoms with van der Waals surface area (Å²) in [6.07, 6.45) is 1.21. The highest BCUT2D eigenvalue weighted by Gasteiger charge is 2.28. The highest BCUT2D eigenvalue weighted by molar-refractivity contribution is 7.14. The minimum absolute atomic E-state index is 0.154. The van der Waals surface area contributed by atoms with E-state index in [1.165, 1.54) is 16.9 Å². The molecule has 0 saturated carbocycles. The molecule has 2 atom stereocenters. The zero-order chi connectivity index (χ0) is 17.4. The van der Waals surface area contributed by atoms with Crippen LogP contribution in [0.3, 0.4) is 0 Å². The number of aryl methyl sites for hydroxylation is 1. The molecule has 0 amide bonds. The third-order valence-electron chi connectivity index (χ3n) is 4.47. The van der Waals surface area contributed by atoms with Crippen molar-refractivity contribution in [1.29, 1.82) is 0 Å². The maximum Gasteiger partial charge on any atom is 0.183 e. The van der Waals surface area contributed by atoms with Crippen molar-refractivity contribution in [3.63, 3.8) is 0 Å². The Bertz CT molecular complexity index is 912. The number of rotatable bonds is 3. The Morgan fingerprint density at radius 2 is 2.00 bits per heavy atom. The van der Waals surface area contributed by atoms with Crippen LogP contribution in [0.1, 0.15) is 23.6 Å². The molecule has 1 heterocycles. The van der Waals surface area contributed by atoms with E-state index in [0.29, 0.717) is 10.0 Å². The molecular weight excluding hydrogens is 375 g/mol. The van der Waals surface area contributed by atoms with Crippen LogP contribution in [0.2, 0.25) is 10.0 Å². The number of aliphatic hydroxyl groups is 1. The van der Waals surface area contributed by atoms with Gasteiger partial charge in [-0.15, -0.1) is 11.3 Å². The summed E-state index contributed by atoms with van der Waals surface area (Å²) in [5, 5.41) is 17.8. The van der Waals surface area contributed by atoms with E-state index in [1.54, 1.807) is 12.1 Å². The lowest BCUT2D eigenvalue weighted by Crippen LogP contribution is -2.30. The van der Waals surface area contributed by atoms with Crippen molar-refractivity contribution in [2.24, 2.45) is 0 Å². The lowest BCUT2D eigenvalue weighted by atomic mass is 9.86. The van der Waals surface area contributed by atoms with E-state index in [0.717, 1.165) is 34.8 Å². The van der Waals surface area contributed by atoms with E-state index < -0.39 is 6.10 Å². The number of aromatic nitrogens is 1. The van der Waals surface area contributed by atoms with Gasteiger partial charge in [-0.2, -0.15) is 0 Å². The quantitative estimate of drug-likeness (QED) is 0.613. The molecule has 6 heteroatoms. The first-order valence-corrected chi connectivity index (χ1v) is 9.69. The number of hydrogen-bond donors (Lipinski definition) is 2. The van der Waals surface area contributed by atoms with Gasteiger partial charge in [0, 0.05) is 16.0 Å². The van der Waals surface area contributed by atoms with Gasteiger partial charge in [0.05, 0.1) is 22.9 Å². The Kier molecular flexibility index (Phi) is 4.69. The summed E-state index contributed by atoms with van der Waals surface area (Å²) in [4.78, 5) is 4.64. The molecule has 0 bridgehead atoms. The van der Waals surface area contributed by atoms with Gasteiger partial charge in [-0.1, -0.05) is 47.5 Å². The number of benzene rings is 2. The standard InChI is InChI=1S/C19H16Cl2N2OS/c20-12-6-7-15(21)14(9-12)16-10-25-19(22-16)23-18-13-4-2-1-3-11(13)5-8-17(18)24/h1-4,6-7,9-10,17-18,24H,5,8H2,(H,22,23). The average Bonchev–Trinajstić information content (AvgIpc) is 3.08. The molecule has 0 fully saturated rings. The molecule has 25 heavy (non-hydrogen) atoms. The Morgan fingerprint density at radius 1 is 1.16 bits per heavy atom.